The highest BCUT2D eigenvalue weighted by Crippen LogP contribution is 2.11. The van der Waals surface area contributed by atoms with Crippen LogP contribution in [-0.2, 0) is 10.0 Å². The van der Waals surface area contributed by atoms with Gasteiger partial charge in [0.05, 0.1) is 4.90 Å². The van der Waals surface area contributed by atoms with E-state index in [0.717, 1.165) is 0 Å². The minimum Gasteiger partial charge on any atom is -0.366 e. The number of para-hydroxylation sites is 1. The van der Waals surface area contributed by atoms with Gasteiger partial charge in [-0.3, -0.25) is 4.79 Å². The van der Waals surface area contributed by atoms with E-state index in [-0.39, 0.29) is 10.5 Å². The zero-order valence-electron chi connectivity index (χ0n) is 11.3. The first-order valence-electron chi connectivity index (χ1n) is 6.17. The second kappa shape index (κ2) is 6.27. The van der Waals surface area contributed by atoms with Crippen molar-refractivity contribution in [2.75, 3.05) is 5.32 Å². The topological polar surface area (TPSA) is 118 Å². The van der Waals surface area contributed by atoms with Gasteiger partial charge in [0, 0.05) is 11.3 Å². The molecule has 0 aliphatic rings. The molecular formula is C14H13N3O4S. The second-order valence-corrected chi connectivity index (χ2v) is 6.00. The minimum atomic E-state index is -4.04. The molecule has 4 N–H and O–H groups in total. The lowest BCUT2D eigenvalue weighted by atomic mass is 10.2. The number of carbonyl (C=O) groups excluding carboxylic acids is 2. The Bertz CT molecular complexity index is 787. The molecule has 0 heterocycles. The summed E-state index contributed by atoms with van der Waals surface area (Å²) >= 11 is 0. The number of hydrogen-bond donors (Lipinski definition) is 3. The summed E-state index contributed by atoms with van der Waals surface area (Å²) in [5.41, 5.74) is 5.70. The molecule has 0 saturated heterocycles. The largest absolute Gasteiger partial charge is 0.366 e. The summed E-state index contributed by atoms with van der Waals surface area (Å²) in [7, 11) is -4.04. The van der Waals surface area contributed by atoms with Crippen LogP contribution in [0, 0.1) is 0 Å². The van der Waals surface area contributed by atoms with Crippen LogP contribution in [0.15, 0.2) is 59.5 Å². The van der Waals surface area contributed by atoms with Crippen LogP contribution in [0.1, 0.15) is 10.4 Å². The van der Waals surface area contributed by atoms with E-state index in [9.17, 15) is 18.0 Å². The number of nitrogens with two attached hydrogens (primary N) is 1. The van der Waals surface area contributed by atoms with Crippen molar-refractivity contribution in [2.24, 2.45) is 5.73 Å². The predicted molar refractivity (Wildman–Crippen MR) is 80.7 cm³/mol. The number of primary amides is 1. The molecular weight excluding hydrogens is 306 g/mol. The van der Waals surface area contributed by atoms with Crippen LogP contribution in [0.25, 0.3) is 0 Å². The van der Waals surface area contributed by atoms with Crippen LogP contribution in [0.2, 0.25) is 0 Å². The molecule has 3 amide bonds. The molecule has 2 rings (SSSR count). The van der Waals surface area contributed by atoms with Crippen LogP contribution in [0.5, 0.6) is 0 Å². The Labute approximate surface area is 127 Å². The Morgan fingerprint density at radius 1 is 0.909 bits per heavy atom. The van der Waals surface area contributed by atoms with Crippen LogP contribution >= 0.6 is 0 Å². The lowest BCUT2D eigenvalue weighted by molar-refractivity contribution is 0.1000. The van der Waals surface area contributed by atoms with Crippen molar-refractivity contribution < 1.29 is 18.0 Å². The molecule has 0 unspecified atom stereocenters. The fraction of sp³-hybridized carbons (Fsp3) is 0. The summed E-state index contributed by atoms with van der Waals surface area (Å²) in [5.74, 6) is -0.668. The van der Waals surface area contributed by atoms with E-state index in [1.54, 1.807) is 30.3 Å². The number of anilines is 1. The van der Waals surface area contributed by atoms with Crippen molar-refractivity contribution in [3.05, 3.63) is 60.2 Å². The average Bonchev–Trinajstić information content (AvgIpc) is 2.47. The summed E-state index contributed by atoms with van der Waals surface area (Å²) in [6, 6.07) is 12.4. The highest BCUT2D eigenvalue weighted by molar-refractivity contribution is 7.90. The van der Waals surface area contributed by atoms with Crippen LogP contribution in [0.4, 0.5) is 10.5 Å². The number of carbonyl (C=O) groups is 2. The maximum atomic E-state index is 12.0. The third-order valence-electron chi connectivity index (χ3n) is 2.71. The summed E-state index contributed by atoms with van der Waals surface area (Å²) in [6.45, 7) is 0. The van der Waals surface area contributed by atoms with Gasteiger partial charge in [-0.25, -0.2) is 17.9 Å². The van der Waals surface area contributed by atoms with Crippen molar-refractivity contribution in [1.29, 1.82) is 0 Å². The molecule has 0 spiro atoms. The number of sulfonamides is 1. The zero-order valence-corrected chi connectivity index (χ0v) is 12.1. The van der Waals surface area contributed by atoms with E-state index in [2.05, 4.69) is 5.32 Å². The molecule has 0 aromatic heterocycles. The van der Waals surface area contributed by atoms with Gasteiger partial charge in [-0.15, -0.1) is 0 Å². The van der Waals surface area contributed by atoms with Crippen molar-refractivity contribution >= 4 is 27.6 Å². The molecule has 2 aromatic rings. The van der Waals surface area contributed by atoms with Crippen LogP contribution in [-0.4, -0.2) is 20.4 Å². The van der Waals surface area contributed by atoms with Crippen LogP contribution < -0.4 is 15.8 Å². The molecule has 0 fully saturated rings. The third kappa shape index (κ3) is 3.83. The summed E-state index contributed by atoms with van der Waals surface area (Å²) in [5, 5.41) is 2.39. The molecule has 0 bridgehead atoms. The van der Waals surface area contributed by atoms with E-state index in [1.807, 2.05) is 4.72 Å². The van der Waals surface area contributed by atoms with Gasteiger partial charge in [-0.1, -0.05) is 18.2 Å². The first-order chi connectivity index (χ1) is 10.4. The summed E-state index contributed by atoms with van der Waals surface area (Å²) in [6.07, 6.45) is 0. The Morgan fingerprint density at radius 3 is 2.05 bits per heavy atom. The smallest absolute Gasteiger partial charge is 0.333 e. The zero-order chi connectivity index (χ0) is 16.2. The Kier molecular flexibility index (Phi) is 4.42. The van der Waals surface area contributed by atoms with E-state index < -0.39 is 22.0 Å². The van der Waals surface area contributed by atoms with Gasteiger partial charge >= 0.3 is 6.03 Å². The first-order valence-corrected chi connectivity index (χ1v) is 7.65. The molecule has 0 aliphatic carbocycles. The normalized spacial score (nSPS) is 10.7. The first kappa shape index (κ1) is 15.5. The molecule has 22 heavy (non-hydrogen) atoms. The quantitative estimate of drug-likeness (QED) is 0.787. The van der Waals surface area contributed by atoms with E-state index >= 15 is 0 Å². The summed E-state index contributed by atoms with van der Waals surface area (Å²) < 4.78 is 25.9. The Morgan fingerprint density at radius 2 is 1.50 bits per heavy atom. The highest BCUT2D eigenvalue weighted by atomic mass is 32.2. The number of benzene rings is 2. The number of rotatable bonds is 4. The lowest BCUT2D eigenvalue weighted by Crippen LogP contribution is -2.34. The molecule has 0 atom stereocenters. The molecule has 2 aromatic carbocycles. The molecule has 7 nitrogen and oxygen atoms in total. The Balaban J connectivity index is 2.10. The molecule has 0 saturated carbocycles. The van der Waals surface area contributed by atoms with Gasteiger partial charge in [-0.2, -0.15) is 0 Å². The van der Waals surface area contributed by atoms with Gasteiger partial charge in [0.1, 0.15) is 0 Å². The van der Waals surface area contributed by atoms with Crippen molar-refractivity contribution in [1.82, 2.24) is 4.72 Å². The van der Waals surface area contributed by atoms with E-state index in [0.29, 0.717) is 5.69 Å². The third-order valence-corrected chi connectivity index (χ3v) is 4.05. The van der Waals surface area contributed by atoms with E-state index in [1.165, 1.54) is 24.3 Å². The second-order valence-electron chi connectivity index (χ2n) is 4.31. The van der Waals surface area contributed by atoms with E-state index in [4.69, 9.17) is 5.73 Å². The molecule has 0 radical (unpaired) electrons. The highest BCUT2D eigenvalue weighted by Gasteiger charge is 2.17. The van der Waals surface area contributed by atoms with Gasteiger partial charge in [0.25, 0.3) is 10.0 Å². The van der Waals surface area contributed by atoms with Gasteiger partial charge in [0.15, 0.2) is 0 Å². The maximum absolute atomic E-state index is 12.0. The fourth-order valence-electron chi connectivity index (χ4n) is 1.66. The summed E-state index contributed by atoms with van der Waals surface area (Å²) in [4.78, 5) is 22.5. The number of nitrogens with one attached hydrogen (secondary N) is 2. The molecule has 8 heteroatoms. The number of amides is 3. The van der Waals surface area contributed by atoms with Crippen molar-refractivity contribution in [3.63, 3.8) is 0 Å². The van der Waals surface area contributed by atoms with Gasteiger partial charge in [0.2, 0.25) is 5.91 Å². The van der Waals surface area contributed by atoms with Gasteiger partial charge < -0.3 is 11.1 Å². The minimum absolute atomic E-state index is 0.152. The fourth-order valence-corrected chi connectivity index (χ4v) is 2.56. The lowest BCUT2D eigenvalue weighted by Gasteiger charge is -2.08. The van der Waals surface area contributed by atoms with Crippen molar-refractivity contribution in [2.45, 2.75) is 4.90 Å². The maximum Gasteiger partial charge on any atom is 0.333 e. The Hall–Kier alpha value is -2.87. The number of urea groups is 1. The monoisotopic (exact) mass is 319 g/mol. The average molecular weight is 319 g/mol. The predicted octanol–water partition coefficient (Wildman–Crippen LogP) is 1.30. The standard InChI is InChI=1S/C14H13N3O4S/c15-13(18)10-6-8-12(9-7-10)22(20,21)17-14(19)16-11-4-2-1-3-5-11/h1-9H,(H2,15,18)(H2,16,17,19). The SMILES string of the molecule is NC(=O)c1ccc(S(=O)(=O)NC(=O)Nc2ccccc2)cc1. The molecule has 114 valence electrons. The van der Waals surface area contributed by atoms with Gasteiger partial charge in [-0.05, 0) is 36.4 Å². The molecule has 0 aliphatic heterocycles. The van der Waals surface area contributed by atoms with Crippen molar-refractivity contribution in [3.8, 4) is 0 Å². The van der Waals surface area contributed by atoms with Crippen LogP contribution in [0.3, 0.4) is 0 Å². The number of hydrogen-bond acceptors (Lipinski definition) is 4.